The molecule has 0 spiro atoms. The van der Waals surface area contributed by atoms with Crippen molar-refractivity contribution in [2.75, 3.05) is 26.2 Å². The summed E-state index contributed by atoms with van der Waals surface area (Å²) in [5.74, 6) is 0.631. The van der Waals surface area contributed by atoms with Gasteiger partial charge in [-0.05, 0) is 43.0 Å². The molecule has 1 heterocycles. The first-order chi connectivity index (χ1) is 15.7. The molecule has 1 aliphatic heterocycles. The lowest BCUT2D eigenvalue weighted by Crippen LogP contribution is -2.39. The van der Waals surface area contributed by atoms with Crippen LogP contribution in [0, 0.1) is 0 Å². The Hall–Kier alpha value is -3.35. The van der Waals surface area contributed by atoms with Crippen molar-refractivity contribution in [2.24, 2.45) is 4.99 Å². The van der Waals surface area contributed by atoms with Gasteiger partial charge < -0.3 is 20.3 Å². The number of carbonyl (C=O) groups excluding carboxylic acids is 2. The summed E-state index contributed by atoms with van der Waals surface area (Å²) in [5.41, 5.74) is 2.40. The van der Waals surface area contributed by atoms with Crippen molar-refractivity contribution in [3.8, 4) is 0 Å². The maximum absolute atomic E-state index is 12.4. The van der Waals surface area contributed by atoms with Crippen LogP contribution in [0.2, 0.25) is 0 Å². The fourth-order valence-electron chi connectivity index (χ4n) is 3.53. The van der Waals surface area contributed by atoms with Crippen LogP contribution >= 0.6 is 0 Å². The van der Waals surface area contributed by atoms with Gasteiger partial charge in [-0.15, -0.1) is 0 Å². The summed E-state index contributed by atoms with van der Waals surface area (Å²) in [4.78, 5) is 30.6. The Morgan fingerprint density at radius 2 is 1.91 bits per heavy atom. The molecule has 1 fully saturated rings. The Bertz CT molecular complexity index is 914. The topological polar surface area (TPSA) is 83.0 Å². The molecule has 0 atom stereocenters. The number of ether oxygens (including phenoxy) is 1. The molecule has 0 bridgehead atoms. The third-order valence-electron chi connectivity index (χ3n) is 5.21. The van der Waals surface area contributed by atoms with Gasteiger partial charge in [0, 0.05) is 32.6 Å². The molecular weight excluding hydrogens is 404 g/mol. The van der Waals surface area contributed by atoms with E-state index in [1.54, 1.807) is 6.07 Å². The van der Waals surface area contributed by atoms with Crippen molar-refractivity contribution in [1.29, 1.82) is 0 Å². The van der Waals surface area contributed by atoms with Gasteiger partial charge in [0.25, 0.3) is 0 Å². The molecule has 32 heavy (non-hydrogen) atoms. The molecule has 7 nitrogen and oxygen atoms in total. The van der Waals surface area contributed by atoms with E-state index in [0.717, 1.165) is 56.1 Å². The van der Waals surface area contributed by atoms with Crippen LogP contribution in [-0.2, 0) is 22.7 Å². The van der Waals surface area contributed by atoms with Crippen LogP contribution in [0.1, 0.15) is 47.7 Å². The number of esters is 1. The molecule has 0 saturated carbocycles. The first kappa shape index (κ1) is 23.3. The van der Waals surface area contributed by atoms with E-state index in [0.29, 0.717) is 18.5 Å². The summed E-state index contributed by atoms with van der Waals surface area (Å²) in [6.07, 6.45) is 2.52. The van der Waals surface area contributed by atoms with Gasteiger partial charge in [-0.1, -0.05) is 42.5 Å². The summed E-state index contributed by atoms with van der Waals surface area (Å²) in [7, 11) is 0. The Morgan fingerprint density at radius 1 is 1.09 bits per heavy atom. The number of likely N-dealkylation sites (tertiary alicyclic amines) is 1. The molecule has 2 N–H and O–H groups in total. The zero-order valence-electron chi connectivity index (χ0n) is 18.7. The molecule has 0 aromatic heterocycles. The molecule has 0 aliphatic carbocycles. The lowest BCUT2D eigenvalue weighted by atomic mass is 10.1. The molecule has 170 valence electrons. The van der Waals surface area contributed by atoms with E-state index in [2.05, 4.69) is 15.6 Å². The van der Waals surface area contributed by atoms with Gasteiger partial charge >= 0.3 is 5.97 Å². The number of benzene rings is 2. The van der Waals surface area contributed by atoms with Crippen LogP contribution in [0.15, 0.2) is 59.6 Å². The summed E-state index contributed by atoms with van der Waals surface area (Å²) in [6, 6.07) is 17.0. The molecule has 7 heteroatoms. The number of amides is 1. The predicted molar refractivity (Wildman–Crippen MR) is 125 cm³/mol. The number of nitrogens with zero attached hydrogens (tertiary/aromatic N) is 2. The molecular formula is C25H32N4O3. The van der Waals surface area contributed by atoms with Crippen molar-refractivity contribution < 1.29 is 14.3 Å². The fraction of sp³-hybridized carbons (Fsp3) is 0.400. The van der Waals surface area contributed by atoms with Crippen LogP contribution in [0.4, 0.5) is 0 Å². The van der Waals surface area contributed by atoms with Gasteiger partial charge in [-0.3, -0.25) is 4.79 Å². The highest BCUT2D eigenvalue weighted by atomic mass is 16.5. The van der Waals surface area contributed by atoms with E-state index in [9.17, 15) is 9.59 Å². The number of hydrogen-bond donors (Lipinski definition) is 2. The second-order valence-corrected chi connectivity index (χ2v) is 7.72. The van der Waals surface area contributed by atoms with Crippen LogP contribution in [0.5, 0.6) is 0 Å². The molecule has 1 saturated heterocycles. The number of nitrogens with one attached hydrogen (secondary N) is 2. The van der Waals surface area contributed by atoms with E-state index in [1.807, 2.05) is 60.4 Å². The number of hydrogen-bond acceptors (Lipinski definition) is 4. The highest BCUT2D eigenvalue weighted by molar-refractivity contribution is 5.89. The molecule has 1 aliphatic rings. The second kappa shape index (κ2) is 12.5. The normalized spacial score (nSPS) is 13.8. The Balaban J connectivity index is 1.48. The van der Waals surface area contributed by atoms with Crippen LogP contribution < -0.4 is 10.6 Å². The first-order valence-electron chi connectivity index (χ1n) is 11.3. The van der Waals surface area contributed by atoms with Gasteiger partial charge in [0.2, 0.25) is 5.91 Å². The minimum atomic E-state index is -0.346. The van der Waals surface area contributed by atoms with Crippen LogP contribution in [-0.4, -0.2) is 48.9 Å². The molecule has 0 radical (unpaired) electrons. The smallest absolute Gasteiger partial charge is 0.338 e. The van der Waals surface area contributed by atoms with Crippen molar-refractivity contribution in [3.05, 3.63) is 71.3 Å². The Morgan fingerprint density at radius 3 is 2.66 bits per heavy atom. The largest absolute Gasteiger partial charge is 0.457 e. The van der Waals surface area contributed by atoms with E-state index in [4.69, 9.17) is 4.74 Å². The second-order valence-electron chi connectivity index (χ2n) is 7.72. The molecule has 3 rings (SSSR count). The van der Waals surface area contributed by atoms with E-state index in [1.165, 1.54) is 0 Å². The summed E-state index contributed by atoms with van der Waals surface area (Å²) >= 11 is 0. The Kier molecular flexibility index (Phi) is 9.10. The summed E-state index contributed by atoms with van der Waals surface area (Å²) in [5, 5.41) is 6.55. The summed E-state index contributed by atoms with van der Waals surface area (Å²) in [6.45, 7) is 5.85. The van der Waals surface area contributed by atoms with Gasteiger partial charge in [0.15, 0.2) is 5.96 Å². The Labute approximate surface area is 189 Å². The minimum absolute atomic E-state index is 0.250. The lowest BCUT2D eigenvalue weighted by molar-refractivity contribution is -0.127. The number of carbonyl (C=O) groups is 2. The molecule has 0 unspecified atom stereocenters. The summed E-state index contributed by atoms with van der Waals surface area (Å²) < 4.78 is 5.42. The maximum Gasteiger partial charge on any atom is 0.338 e. The van der Waals surface area contributed by atoms with Crippen LogP contribution in [0.25, 0.3) is 0 Å². The van der Waals surface area contributed by atoms with Gasteiger partial charge in [0.05, 0.1) is 12.1 Å². The third-order valence-corrected chi connectivity index (χ3v) is 5.21. The number of aliphatic imine (C=N–C) groups is 1. The van der Waals surface area contributed by atoms with Crippen molar-refractivity contribution in [1.82, 2.24) is 15.5 Å². The van der Waals surface area contributed by atoms with Gasteiger partial charge in [-0.25, -0.2) is 9.79 Å². The zero-order chi connectivity index (χ0) is 22.6. The lowest BCUT2D eigenvalue weighted by Gasteiger charge is -2.16. The van der Waals surface area contributed by atoms with Crippen LogP contribution in [0.3, 0.4) is 0 Å². The minimum Gasteiger partial charge on any atom is -0.457 e. The first-order valence-corrected chi connectivity index (χ1v) is 11.3. The van der Waals surface area contributed by atoms with E-state index in [-0.39, 0.29) is 18.5 Å². The maximum atomic E-state index is 12.4. The number of rotatable bonds is 10. The van der Waals surface area contributed by atoms with Gasteiger partial charge in [0.1, 0.15) is 6.61 Å². The highest BCUT2D eigenvalue weighted by Gasteiger charge is 2.18. The standard InChI is InChI=1S/C25H32N4O3/c1-2-26-25(27-14-8-16-29-15-7-13-23(29)30)28-18-21-11-6-12-22(17-21)24(31)32-19-20-9-4-3-5-10-20/h3-6,9-12,17H,2,7-8,13-16,18-19H2,1H3,(H2,26,27,28). The highest BCUT2D eigenvalue weighted by Crippen LogP contribution is 2.11. The average molecular weight is 437 g/mol. The average Bonchev–Trinajstić information content (AvgIpc) is 3.24. The van der Waals surface area contributed by atoms with Crippen molar-refractivity contribution >= 4 is 17.8 Å². The van der Waals surface area contributed by atoms with Gasteiger partial charge in [-0.2, -0.15) is 0 Å². The quantitative estimate of drug-likeness (QED) is 0.259. The fourth-order valence-corrected chi connectivity index (χ4v) is 3.53. The molecule has 2 aromatic carbocycles. The number of guanidine groups is 1. The van der Waals surface area contributed by atoms with E-state index >= 15 is 0 Å². The van der Waals surface area contributed by atoms with Crippen molar-refractivity contribution in [3.63, 3.8) is 0 Å². The third kappa shape index (κ3) is 7.41. The SMILES string of the molecule is CCNC(=NCc1cccc(C(=O)OCc2ccccc2)c1)NCCCN1CCCC1=O. The molecule has 2 aromatic rings. The predicted octanol–water partition coefficient (Wildman–Crippen LogP) is 3.11. The monoisotopic (exact) mass is 436 g/mol. The van der Waals surface area contributed by atoms with E-state index < -0.39 is 0 Å². The van der Waals surface area contributed by atoms with Crippen molar-refractivity contribution in [2.45, 2.75) is 39.3 Å². The molecule has 1 amide bonds. The zero-order valence-corrected chi connectivity index (χ0v) is 18.7.